The predicted octanol–water partition coefficient (Wildman–Crippen LogP) is 5.22. The monoisotopic (exact) mass is 397 g/mol. The van der Waals surface area contributed by atoms with Crippen LogP contribution in [0.5, 0.6) is 0 Å². The van der Waals surface area contributed by atoms with E-state index in [9.17, 15) is 4.79 Å². The summed E-state index contributed by atoms with van der Waals surface area (Å²) in [5.74, 6) is 0.767. The van der Waals surface area contributed by atoms with Gasteiger partial charge in [0.2, 0.25) is 0 Å². The van der Waals surface area contributed by atoms with Crippen molar-refractivity contribution in [1.29, 1.82) is 0 Å². The van der Waals surface area contributed by atoms with Crippen molar-refractivity contribution in [1.82, 2.24) is 9.97 Å². The van der Waals surface area contributed by atoms with Gasteiger partial charge < -0.3 is 9.32 Å². The smallest absolute Gasteiger partial charge is 0.192 e. The average molecular weight is 398 g/mol. The van der Waals surface area contributed by atoms with Gasteiger partial charge >= 0.3 is 0 Å². The first-order valence-corrected chi connectivity index (χ1v) is 10.8. The number of aryl methyl sites for hydroxylation is 1. The quantitative estimate of drug-likeness (QED) is 0.442. The van der Waals surface area contributed by atoms with Crippen LogP contribution in [0.2, 0.25) is 0 Å². The molecule has 1 fully saturated rings. The molecule has 7 heteroatoms. The topological polar surface area (TPSA) is 59.2 Å². The minimum Gasteiger partial charge on any atom is -0.441 e. The van der Waals surface area contributed by atoms with E-state index < -0.39 is 0 Å². The fraction of sp³-hybridized carbons (Fsp3) is 0.350. The van der Waals surface area contributed by atoms with Gasteiger partial charge in [0.05, 0.1) is 9.58 Å². The summed E-state index contributed by atoms with van der Waals surface area (Å²) in [4.78, 5) is 25.9. The number of aromatic nitrogens is 2. The number of Topliss-reactive ketones (excluding diaryl/α,β-unsaturated/α-hetero) is 1. The van der Waals surface area contributed by atoms with Gasteiger partial charge in [0.1, 0.15) is 10.3 Å². The number of thiophene rings is 1. The molecule has 0 atom stereocenters. The number of anilines is 1. The lowest BCUT2D eigenvalue weighted by molar-refractivity contribution is 0.0997. The van der Waals surface area contributed by atoms with E-state index in [-0.39, 0.29) is 5.78 Å². The molecule has 0 saturated carbocycles. The summed E-state index contributed by atoms with van der Waals surface area (Å²) < 4.78 is 6.69. The predicted molar refractivity (Wildman–Crippen MR) is 110 cm³/mol. The van der Waals surface area contributed by atoms with Gasteiger partial charge in [-0.05, 0) is 43.0 Å². The standard InChI is InChI=1S/C20H19N3O2S2/c1-12-21-14-6-5-13(10-16(14)25-12)9-15(24)17-11-18-19(26-17)22-20(27-18)23-7-3-2-4-8-23/h5-6,10-11H,2-4,7-9H2,1H3. The number of carbonyl (C=O) groups is 1. The lowest BCUT2D eigenvalue weighted by Crippen LogP contribution is -2.29. The summed E-state index contributed by atoms with van der Waals surface area (Å²) in [6.45, 7) is 4.01. The fourth-order valence-corrected chi connectivity index (χ4v) is 5.75. The van der Waals surface area contributed by atoms with E-state index in [4.69, 9.17) is 9.40 Å². The molecule has 1 aromatic carbocycles. The lowest BCUT2D eigenvalue weighted by Gasteiger charge is -2.25. The van der Waals surface area contributed by atoms with Gasteiger partial charge in [-0.25, -0.2) is 9.97 Å². The third kappa shape index (κ3) is 3.26. The van der Waals surface area contributed by atoms with E-state index in [1.807, 2.05) is 31.2 Å². The number of piperidine rings is 1. The third-order valence-corrected chi connectivity index (χ3v) is 7.17. The first kappa shape index (κ1) is 16.9. The second-order valence-corrected chi connectivity index (χ2v) is 9.00. The number of benzene rings is 1. The Morgan fingerprint density at radius 3 is 2.81 bits per heavy atom. The molecule has 3 aromatic heterocycles. The van der Waals surface area contributed by atoms with Crippen LogP contribution in [0.1, 0.15) is 40.4 Å². The van der Waals surface area contributed by atoms with Crippen LogP contribution in [0.3, 0.4) is 0 Å². The van der Waals surface area contributed by atoms with Crippen molar-refractivity contribution in [2.24, 2.45) is 0 Å². The number of rotatable bonds is 4. The van der Waals surface area contributed by atoms with E-state index >= 15 is 0 Å². The highest BCUT2D eigenvalue weighted by Gasteiger charge is 2.19. The first-order valence-electron chi connectivity index (χ1n) is 9.20. The van der Waals surface area contributed by atoms with Crippen molar-refractivity contribution in [3.8, 4) is 0 Å². The van der Waals surface area contributed by atoms with E-state index in [0.717, 1.165) is 49.3 Å². The minimum absolute atomic E-state index is 0.125. The summed E-state index contributed by atoms with van der Waals surface area (Å²) in [5, 5.41) is 1.10. The molecule has 27 heavy (non-hydrogen) atoms. The molecule has 138 valence electrons. The number of nitrogens with zero attached hydrogens (tertiary/aromatic N) is 3. The van der Waals surface area contributed by atoms with Gasteiger partial charge in [0.15, 0.2) is 22.4 Å². The van der Waals surface area contributed by atoms with Gasteiger partial charge in [-0.15, -0.1) is 11.3 Å². The van der Waals surface area contributed by atoms with Crippen molar-refractivity contribution < 1.29 is 9.21 Å². The second-order valence-electron chi connectivity index (χ2n) is 6.96. The summed E-state index contributed by atoms with van der Waals surface area (Å²) in [7, 11) is 0. The maximum absolute atomic E-state index is 12.7. The Morgan fingerprint density at radius 1 is 1.15 bits per heavy atom. The Labute approximate surface area is 164 Å². The summed E-state index contributed by atoms with van der Waals surface area (Å²) >= 11 is 3.21. The number of fused-ring (bicyclic) bond motifs is 2. The number of hydrogen-bond acceptors (Lipinski definition) is 7. The highest BCUT2D eigenvalue weighted by molar-refractivity contribution is 7.29. The molecule has 0 bridgehead atoms. The zero-order valence-electron chi connectivity index (χ0n) is 15.0. The number of hydrogen-bond donors (Lipinski definition) is 0. The Morgan fingerprint density at radius 2 is 2.00 bits per heavy atom. The van der Waals surface area contributed by atoms with Crippen molar-refractivity contribution >= 4 is 54.2 Å². The van der Waals surface area contributed by atoms with Crippen LogP contribution >= 0.6 is 22.7 Å². The number of thiazole rings is 1. The van der Waals surface area contributed by atoms with Crippen molar-refractivity contribution in [2.75, 3.05) is 18.0 Å². The Bertz CT molecular complexity index is 1100. The molecule has 0 unspecified atom stereocenters. The molecular formula is C20H19N3O2S2. The summed E-state index contributed by atoms with van der Waals surface area (Å²) in [5.41, 5.74) is 2.51. The molecule has 5 nitrogen and oxygen atoms in total. The molecule has 1 aliphatic rings. The molecule has 1 saturated heterocycles. The van der Waals surface area contributed by atoms with Crippen molar-refractivity contribution in [3.05, 3.63) is 40.6 Å². The first-order chi connectivity index (χ1) is 13.2. The number of carbonyl (C=O) groups excluding carboxylic acids is 1. The molecule has 0 radical (unpaired) electrons. The van der Waals surface area contributed by atoms with E-state index in [0.29, 0.717) is 12.3 Å². The zero-order chi connectivity index (χ0) is 18.4. The zero-order valence-corrected chi connectivity index (χ0v) is 16.7. The van der Waals surface area contributed by atoms with Crippen LogP contribution in [0.25, 0.3) is 20.6 Å². The SMILES string of the molecule is Cc1nc2ccc(CC(=O)c3cc4sc(N5CCCCC5)nc4s3)cc2o1. The Balaban J connectivity index is 1.35. The van der Waals surface area contributed by atoms with Crippen molar-refractivity contribution in [2.45, 2.75) is 32.6 Å². The number of ketones is 1. The molecule has 0 amide bonds. The van der Waals surface area contributed by atoms with Crippen LogP contribution < -0.4 is 4.90 Å². The molecule has 5 rings (SSSR count). The normalized spacial score (nSPS) is 15.1. The molecule has 4 heterocycles. The number of oxazole rings is 1. The summed E-state index contributed by atoms with van der Waals surface area (Å²) in [6, 6.07) is 7.78. The van der Waals surface area contributed by atoms with Crippen LogP contribution in [-0.4, -0.2) is 28.8 Å². The van der Waals surface area contributed by atoms with Crippen LogP contribution in [0, 0.1) is 6.92 Å². The molecule has 0 spiro atoms. The Hall–Kier alpha value is -2.25. The van der Waals surface area contributed by atoms with E-state index in [2.05, 4.69) is 9.88 Å². The fourth-order valence-electron chi connectivity index (χ4n) is 3.55. The van der Waals surface area contributed by atoms with E-state index in [1.54, 1.807) is 11.3 Å². The molecule has 0 aliphatic carbocycles. The molecular weight excluding hydrogens is 378 g/mol. The molecule has 4 aromatic rings. The average Bonchev–Trinajstić information content (AvgIpc) is 3.33. The van der Waals surface area contributed by atoms with E-state index in [1.165, 1.54) is 30.6 Å². The lowest BCUT2D eigenvalue weighted by atomic mass is 10.1. The van der Waals surface area contributed by atoms with Gasteiger partial charge in [-0.2, -0.15) is 0 Å². The highest BCUT2D eigenvalue weighted by Crippen LogP contribution is 2.36. The minimum atomic E-state index is 0.125. The van der Waals surface area contributed by atoms with Gasteiger partial charge in [-0.1, -0.05) is 17.4 Å². The van der Waals surface area contributed by atoms with Crippen LogP contribution in [0.4, 0.5) is 5.13 Å². The second kappa shape index (κ2) is 6.73. The third-order valence-electron chi connectivity index (χ3n) is 4.90. The van der Waals surface area contributed by atoms with Gasteiger partial charge in [-0.3, -0.25) is 4.79 Å². The highest BCUT2D eigenvalue weighted by atomic mass is 32.1. The van der Waals surface area contributed by atoms with Gasteiger partial charge in [0.25, 0.3) is 0 Å². The largest absolute Gasteiger partial charge is 0.441 e. The molecule has 0 N–H and O–H groups in total. The Kier molecular flexibility index (Phi) is 4.21. The van der Waals surface area contributed by atoms with Crippen LogP contribution in [-0.2, 0) is 6.42 Å². The van der Waals surface area contributed by atoms with Crippen molar-refractivity contribution in [3.63, 3.8) is 0 Å². The van der Waals surface area contributed by atoms with Crippen LogP contribution in [0.15, 0.2) is 28.7 Å². The maximum Gasteiger partial charge on any atom is 0.192 e. The van der Waals surface area contributed by atoms with Gasteiger partial charge in [0, 0.05) is 26.4 Å². The maximum atomic E-state index is 12.7. The summed E-state index contributed by atoms with van der Waals surface area (Å²) in [6.07, 6.45) is 4.16. The molecule has 1 aliphatic heterocycles.